The summed E-state index contributed by atoms with van der Waals surface area (Å²) in [5.74, 6) is 1.34. The van der Waals surface area contributed by atoms with Crippen molar-refractivity contribution in [3.8, 4) is 0 Å². The topological polar surface area (TPSA) is 54.8 Å². The van der Waals surface area contributed by atoms with E-state index < -0.39 is 0 Å². The number of hydrogen-bond acceptors (Lipinski definition) is 3. The molecule has 0 radical (unpaired) electrons. The highest BCUT2D eigenvalue weighted by Crippen LogP contribution is 2.14. The maximum atomic E-state index is 11.6. The number of aryl methyl sites for hydroxylation is 2. The van der Waals surface area contributed by atoms with Crippen LogP contribution in [0.3, 0.4) is 0 Å². The molecule has 1 unspecified atom stereocenters. The van der Waals surface area contributed by atoms with Crippen molar-refractivity contribution >= 4 is 5.91 Å². The molecule has 4 heteroatoms. The van der Waals surface area contributed by atoms with Crippen LogP contribution in [0.1, 0.15) is 21.9 Å². The van der Waals surface area contributed by atoms with Gasteiger partial charge in [-0.1, -0.05) is 0 Å². The molecule has 1 saturated heterocycles. The van der Waals surface area contributed by atoms with Gasteiger partial charge in [-0.25, -0.2) is 0 Å². The van der Waals surface area contributed by atoms with E-state index in [9.17, 15) is 4.79 Å². The fourth-order valence-corrected chi connectivity index (χ4v) is 1.34. The molecule has 0 bridgehead atoms. The van der Waals surface area contributed by atoms with E-state index in [-0.39, 0.29) is 12.0 Å². The normalized spacial score (nSPS) is 19.4. The number of rotatable bonds is 3. The van der Waals surface area contributed by atoms with Gasteiger partial charge in [-0.05, 0) is 19.9 Å². The van der Waals surface area contributed by atoms with Crippen molar-refractivity contribution in [2.24, 2.45) is 0 Å². The van der Waals surface area contributed by atoms with Crippen molar-refractivity contribution in [3.63, 3.8) is 0 Å². The van der Waals surface area contributed by atoms with Crippen LogP contribution in [0.25, 0.3) is 0 Å². The molecule has 0 saturated carbocycles. The standard InChI is InChI=1S/C10H13NO3/c1-6-3-9(7(2)14-6)10(12)11-4-8-5-13-8/h3,8H,4-5H2,1-2H3,(H,11,12). The quantitative estimate of drug-likeness (QED) is 0.733. The van der Waals surface area contributed by atoms with Crippen LogP contribution < -0.4 is 5.32 Å². The van der Waals surface area contributed by atoms with Gasteiger partial charge >= 0.3 is 0 Å². The summed E-state index contributed by atoms with van der Waals surface area (Å²) < 4.78 is 10.3. The first-order chi connectivity index (χ1) is 6.66. The highest BCUT2D eigenvalue weighted by Gasteiger charge is 2.23. The molecule has 1 aliphatic rings. The van der Waals surface area contributed by atoms with E-state index in [2.05, 4.69) is 5.32 Å². The molecular formula is C10H13NO3. The van der Waals surface area contributed by atoms with Gasteiger partial charge in [0.2, 0.25) is 0 Å². The van der Waals surface area contributed by atoms with Crippen molar-refractivity contribution in [1.29, 1.82) is 0 Å². The predicted molar refractivity (Wildman–Crippen MR) is 50.3 cm³/mol. The van der Waals surface area contributed by atoms with Gasteiger partial charge in [-0.15, -0.1) is 0 Å². The van der Waals surface area contributed by atoms with Crippen molar-refractivity contribution in [2.75, 3.05) is 13.2 Å². The average molecular weight is 195 g/mol. The average Bonchev–Trinajstić information content (AvgIpc) is 2.88. The van der Waals surface area contributed by atoms with E-state index in [1.807, 2.05) is 6.92 Å². The van der Waals surface area contributed by atoms with Crippen molar-refractivity contribution < 1.29 is 13.9 Å². The third kappa shape index (κ3) is 1.96. The molecule has 2 heterocycles. The summed E-state index contributed by atoms with van der Waals surface area (Å²) >= 11 is 0. The lowest BCUT2D eigenvalue weighted by Gasteiger charge is -2.00. The second kappa shape index (κ2) is 3.46. The smallest absolute Gasteiger partial charge is 0.254 e. The van der Waals surface area contributed by atoms with Crippen molar-refractivity contribution in [3.05, 3.63) is 23.2 Å². The van der Waals surface area contributed by atoms with Crippen molar-refractivity contribution in [1.82, 2.24) is 5.32 Å². The molecule has 1 amide bonds. The van der Waals surface area contributed by atoms with E-state index in [1.165, 1.54) is 0 Å². The lowest BCUT2D eigenvalue weighted by Crippen LogP contribution is -2.27. The van der Waals surface area contributed by atoms with Gasteiger partial charge in [0.15, 0.2) is 0 Å². The van der Waals surface area contributed by atoms with Crippen LogP contribution >= 0.6 is 0 Å². The second-order valence-electron chi connectivity index (χ2n) is 3.49. The Morgan fingerprint density at radius 1 is 1.64 bits per heavy atom. The molecule has 0 aromatic carbocycles. The summed E-state index contributed by atoms with van der Waals surface area (Å²) in [7, 11) is 0. The number of epoxide rings is 1. The predicted octanol–water partition coefficient (Wildman–Crippen LogP) is 1.03. The van der Waals surface area contributed by atoms with Crippen LogP contribution in [0, 0.1) is 13.8 Å². The Hall–Kier alpha value is -1.29. The maximum absolute atomic E-state index is 11.6. The second-order valence-corrected chi connectivity index (χ2v) is 3.49. The minimum absolute atomic E-state index is 0.0881. The number of hydrogen-bond donors (Lipinski definition) is 1. The molecule has 76 valence electrons. The number of carbonyl (C=O) groups excluding carboxylic acids is 1. The summed E-state index contributed by atoms with van der Waals surface area (Å²) in [6, 6.07) is 1.75. The van der Waals surface area contributed by atoms with Gasteiger partial charge in [-0.3, -0.25) is 4.79 Å². The number of nitrogens with one attached hydrogen (secondary N) is 1. The molecule has 1 aliphatic heterocycles. The number of furan rings is 1. The van der Waals surface area contributed by atoms with E-state index in [1.54, 1.807) is 13.0 Å². The molecule has 4 nitrogen and oxygen atoms in total. The molecule has 2 rings (SSSR count). The Balaban J connectivity index is 1.98. The van der Waals surface area contributed by atoms with Gasteiger partial charge in [-0.2, -0.15) is 0 Å². The first-order valence-corrected chi connectivity index (χ1v) is 4.63. The molecule has 1 fully saturated rings. The first-order valence-electron chi connectivity index (χ1n) is 4.63. The monoisotopic (exact) mass is 195 g/mol. The minimum Gasteiger partial charge on any atom is -0.466 e. The zero-order chi connectivity index (χ0) is 10.1. The number of ether oxygens (including phenoxy) is 1. The van der Waals surface area contributed by atoms with Crippen LogP contribution in [0.2, 0.25) is 0 Å². The van der Waals surface area contributed by atoms with E-state index in [0.717, 1.165) is 12.4 Å². The van der Waals surface area contributed by atoms with Crippen LogP contribution in [-0.2, 0) is 4.74 Å². The summed E-state index contributed by atoms with van der Waals surface area (Å²) in [6.45, 7) is 4.95. The first kappa shape index (κ1) is 9.27. The zero-order valence-electron chi connectivity index (χ0n) is 8.29. The van der Waals surface area contributed by atoms with Gasteiger partial charge in [0.1, 0.15) is 11.5 Å². The minimum atomic E-state index is -0.0881. The molecule has 0 aliphatic carbocycles. The fourth-order valence-electron chi connectivity index (χ4n) is 1.34. The molecule has 14 heavy (non-hydrogen) atoms. The number of carbonyl (C=O) groups is 1. The lowest BCUT2D eigenvalue weighted by molar-refractivity contribution is 0.0949. The Morgan fingerprint density at radius 2 is 2.36 bits per heavy atom. The highest BCUT2D eigenvalue weighted by atomic mass is 16.6. The lowest BCUT2D eigenvalue weighted by atomic mass is 10.2. The summed E-state index contributed by atoms with van der Waals surface area (Å²) in [5.41, 5.74) is 0.614. The fraction of sp³-hybridized carbons (Fsp3) is 0.500. The Labute approximate surface area is 82.2 Å². The molecule has 1 aromatic heterocycles. The third-order valence-electron chi connectivity index (χ3n) is 2.18. The van der Waals surface area contributed by atoms with Crippen LogP contribution in [0.5, 0.6) is 0 Å². The Kier molecular flexibility index (Phi) is 2.29. The van der Waals surface area contributed by atoms with Crippen LogP contribution in [0.15, 0.2) is 10.5 Å². The summed E-state index contributed by atoms with van der Waals surface area (Å²) in [5, 5.41) is 2.79. The largest absolute Gasteiger partial charge is 0.466 e. The molecule has 1 aromatic rings. The summed E-state index contributed by atoms with van der Waals surface area (Å²) in [6.07, 6.45) is 0.215. The summed E-state index contributed by atoms with van der Waals surface area (Å²) in [4.78, 5) is 11.6. The number of amides is 1. The van der Waals surface area contributed by atoms with Gasteiger partial charge in [0.25, 0.3) is 5.91 Å². The van der Waals surface area contributed by atoms with E-state index in [0.29, 0.717) is 17.9 Å². The molecule has 1 N–H and O–H groups in total. The maximum Gasteiger partial charge on any atom is 0.254 e. The van der Waals surface area contributed by atoms with E-state index in [4.69, 9.17) is 9.15 Å². The highest BCUT2D eigenvalue weighted by molar-refractivity contribution is 5.95. The molecule has 1 atom stereocenters. The Bertz CT molecular complexity index is 352. The van der Waals surface area contributed by atoms with Gasteiger partial charge in [0.05, 0.1) is 18.3 Å². The molecule has 0 spiro atoms. The van der Waals surface area contributed by atoms with Crippen LogP contribution in [-0.4, -0.2) is 25.2 Å². The van der Waals surface area contributed by atoms with E-state index >= 15 is 0 Å². The Morgan fingerprint density at radius 3 is 2.86 bits per heavy atom. The van der Waals surface area contributed by atoms with Gasteiger partial charge < -0.3 is 14.5 Å². The SMILES string of the molecule is Cc1cc(C(=O)NCC2CO2)c(C)o1. The van der Waals surface area contributed by atoms with Gasteiger partial charge in [0, 0.05) is 6.54 Å². The third-order valence-corrected chi connectivity index (χ3v) is 2.18. The van der Waals surface area contributed by atoms with Crippen molar-refractivity contribution in [2.45, 2.75) is 20.0 Å². The molecular weight excluding hydrogens is 182 g/mol. The zero-order valence-corrected chi connectivity index (χ0v) is 8.29. The van der Waals surface area contributed by atoms with Crippen LogP contribution in [0.4, 0.5) is 0 Å².